The van der Waals surface area contributed by atoms with E-state index in [0.717, 1.165) is 12.3 Å². The van der Waals surface area contributed by atoms with Crippen molar-refractivity contribution < 1.29 is 5.11 Å². The van der Waals surface area contributed by atoms with Crippen LogP contribution >= 0.6 is 0 Å². The van der Waals surface area contributed by atoms with Crippen LogP contribution in [0.15, 0.2) is 24.3 Å². The quantitative estimate of drug-likeness (QED) is 0.734. The molecule has 0 aromatic heterocycles. The highest BCUT2D eigenvalue weighted by Crippen LogP contribution is 2.16. The standard InChI is InChI=1S/C11H15NO/c13-11-3-1-2-9(6-11)4-5-10-7-12-8-10/h1-3,6,10,12-13H,4-5,7-8H2. The minimum Gasteiger partial charge on any atom is -0.508 e. The number of benzene rings is 1. The fourth-order valence-corrected chi connectivity index (χ4v) is 1.64. The molecule has 2 heteroatoms. The van der Waals surface area contributed by atoms with Gasteiger partial charge >= 0.3 is 0 Å². The number of nitrogens with one attached hydrogen (secondary N) is 1. The highest BCUT2D eigenvalue weighted by molar-refractivity contribution is 5.27. The molecule has 0 unspecified atom stereocenters. The van der Waals surface area contributed by atoms with E-state index in [1.165, 1.54) is 25.1 Å². The van der Waals surface area contributed by atoms with Crippen molar-refractivity contribution in [1.29, 1.82) is 0 Å². The lowest BCUT2D eigenvalue weighted by molar-refractivity contribution is 0.327. The summed E-state index contributed by atoms with van der Waals surface area (Å²) < 4.78 is 0. The summed E-state index contributed by atoms with van der Waals surface area (Å²) in [7, 11) is 0. The third-order valence-corrected chi connectivity index (χ3v) is 2.62. The zero-order valence-corrected chi connectivity index (χ0v) is 7.66. The third-order valence-electron chi connectivity index (χ3n) is 2.62. The highest BCUT2D eigenvalue weighted by atomic mass is 16.3. The number of hydrogen-bond acceptors (Lipinski definition) is 2. The number of phenolic OH excluding ortho intramolecular Hbond substituents is 1. The minimum atomic E-state index is 0.379. The zero-order chi connectivity index (χ0) is 9.10. The van der Waals surface area contributed by atoms with Crippen molar-refractivity contribution in [2.24, 2.45) is 5.92 Å². The predicted octanol–water partition coefficient (Wildman–Crippen LogP) is 1.54. The Morgan fingerprint density at radius 1 is 1.38 bits per heavy atom. The van der Waals surface area contributed by atoms with Gasteiger partial charge in [0.1, 0.15) is 5.75 Å². The van der Waals surface area contributed by atoms with Gasteiger partial charge in [0.2, 0.25) is 0 Å². The lowest BCUT2D eigenvalue weighted by atomic mass is 9.95. The molecule has 2 nitrogen and oxygen atoms in total. The largest absolute Gasteiger partial charge is 0.508 e. The van der Waals surface area contributed by atoms with Gasteiger partial charge < -0.3 is 10.4 Å². The van der Waals surface area contributed by atoms with E-state index in [2.05, 4.69) is 11.4 Å². The molecule has 1 aromatic carbocycles. The van der Waals surface area contributed by atoms with Crippen LogP contribution in [0.4, 0.5) is 0 Å². The summed E-state index contributed by atoms with van der Waals surface area (Å²) in [5.74, 6) is 1.23. The van der Waals surface area contributed by atoms with Crippen LogP contribution in [0.25, 0.3) is 0 Å². The molecule has 2 N–H and O–H groups in total. The number of aryl methyl sites for hydroxylation is 1. The van der Waals surface area contributed by atoms with E-state index >= 15 is 0 Å². The topological polar surface area (TPSA) is 32.3 Å². The molecule has 1 aliphatic heterocycles. The second-order valence-corrected chi connectivity index (χ2v) is 3.73. The summed E-state index contributed by atoms with van der Waals surface area (Å²) in [5, 5.41) is 12.5. The second-order valence-electron chi connectivity index (χ2n) is 3.73. The van der Waals surface area contributed by atoms with E-state index in [1.807, 2.05) is 12.1 Å². The Morgan fingerprint density at radius 3 is 2.85 bits per heavy atom. The Hall–Kier alpha value is -1.02. The van der Waals surface area contributed by atoms with Crippen LogP contribution in [-0.2, 0) is 6.42 Å². The Labute approximate surface area is 78.6 Å². The van der Waals surface area contributed by atoms with Crippen molar-refractivity contribution in [3.05, 3.63) is 29.8 Å². The molecule has 0 saturated carbocycles. The van der Waals surface area contributed by atoms with E-state index in [9.17, 15) is 5.11 Å². The number of rotatable bonds is 3. The molecule has 0 radical (unpaired) electrons. The second kappa shape index (κ2) is 3.79. The molecule has 1 heterocycles. The molecule has 70 valence electrons. The van der Waals surface area contributed by atoms with Crippen LogP contribution in [0.2, 0.25) is 0 Å². The van der Waals surface area contributed by atoms with E-state index in [0.29, 0.717) is 5.75 Å². The van der Waals surface area contributed by atoms with Crippen LogP contribution in [0.3, 0.4) is 0 Å². The van der Waals surface area contributed by atoms with Crippen LogP contribution < -0.4 is 5.32 Å². The van der Waals surface area contributed by atoms with Gasteiger partial charge in [0.15, 0.2) is 0 Å². The first-order valence-electron chi connectivity index (χ1n) is 4.83. The van der Waals surface area contributed by atoms with Crippen LogP contribution in [0.1, 0.15) is 12.0 Å². The molecule has 1 aliphatic rings. The molecule has 0 bridgehead atoms. The van der Waals surface area contributed by atoms with E-state index in [4.69, 9.17) is 0 Å². The zero-order valence-electron chi connectivity index (χ0n) is 7.66. The molecular weight excluding hydrogens is 162 g/mol. The summed E-state index contributed by atoms with van der Waals surface area (Å²) in [5.41, 5.74) is 1.24. The maximum Gasteiger partial charge on any atom is 0.115 e. The highest BCUT2D eigenvalue weighted by Gasteiger charge is 2.15. The summed E-state index contributed by atoms with van der Waals surface area (Å²) in [4.78, 5) is 0. The minimum absolute atomic E-state index is 0.379. The van der Waals surface area contributed by atoms with E-state index in [-0.39, 0.29) is 0 Å². The molecule has 2 rings (SSSR count). The molecule has 1 saturated heterocycles. The van der Waals surface area contributed by atoms with Crippen molar-refractivity contribution in [3.8, 4) is 5.75 Å². The van der Waals surface area contributed by atoms with Crippen molar-refractivity contribution in [2.45, 2.75) is 12.8 Å². The van der Waals surface area contributed by atoms with Gasteiger partial charge in [-0.25, -0.2) is 0 Å². The Bertz CT molecular complexity index is 281. The van der Waals surface area contributed by atoms with Gasteiger partial charge in [-0.1, -0.05) is 12.1 Å². The summed E-state index contributed by atoms with van der Waals surface area (Å²) in [6, 6.07) is 7.55. The lowest BCUT2D eigenvalue weighted by Gasteiger charge is -2.26. The van der Waals surface area contributed by atoms with Crippen molar-refractivity contribution in [1.82, 2.24) is 5.32 Å². The smallest absolute Gasteiger partial charge is 0.115 e. The van der Waals surface area contributed by atoms with Gasteiger partial charge in [-0.15, -0.1) is 0 Å². The average Bonchev–Trinajstić information content (AvgIpc) is 2.01. The number of hydrogen-bond donors (Lipinski definition) is 2. The molecule has 0 aliphatic carbocycles. The Kier molecular flexibility index (Phi) is 2.50. The SMILES string of the molecule is Oc1cccc(CCC2CNC2)c1. The molecule has 0 spiro atoms. The normalized spacial score (nSPS) is 16.9. The first-order chi connectivity index (χ1) is 6.34. The first kappa shape index (κ1) is 8.57. The average molecular weight is 177 g/mol. The van der Waals surface area contributed by atoms with E-state index < -0.39 is 0 Å². The Balaban J connectivity index is 1.86. The molecular formula is C11H15NO. The van der Waals surface area contributed by atoms with Gasteiger partial charge in [0.05, 0.1) is 0 Å². The van der Waals surface area contributed by atoms with Gasteiger partial charge in [-0.05, 0) is 49.5 Å². The third kappa shape index (κ3) is 2.22. The van der Waals surface area contributed by atoms with Crippen LogP contribution in [0.5, 0.6) is 5.75 Å². The van der Waals surface area contributed by atoms with Gasteiger partial charge in [-0.3, -0.25) is 0 Å². The van der Waals surface area contributed by atoms with Gasteiger partial charge in [0, 0.05) is 0 Å². The molecule has 13 heavy (non-hydrogen) atoms. The van der Waals surface area contributed by atoms with Crippen molar-refractivity contribution >= 4 is 0 Å². The molecule has 1 fully saturated rings. The Morgan fingerprint density at radius 2 is 2.23 bits per heavy atom. The van der Waals surface area contributed by atoms with Crippen LogP contribution in [0, 0.1) is 5.92 Å². The maximum absolute atomic E-state index is 9.24. The fraction of sp³-hybridized carbons (Fsp3) is 0.455. The van der Waals surface area contributed by atoms with Gasteiger partial charge in [-0.2, -0.15) is 0 Å². The number of aromatic hydroxyl groups is 1. The van der Waals surface area contributed by atoms with Gasteiger partial charge in [0.25, 0.3) is 0 Å². The van der Waals surface area contributed by atoms with Crippen molar-refractivity contribution in [3.63, 3.8) is 0 Å². The summed E-state index contributed by atoms with van der Waals surface area (Å²) in [6.45, 7) is 2.33. The molecule has 0 atom stereocenters. The fourth-order valence-electron chi connectivity index (χ4n) is 1.64. The predicted molar refractivity (Wildman–Crippen MR) is 52.8 cm³/mol. The van der Waals surface area contributed by atoms with Crippen molar-refractivity contribution in [2.75, 3.05) is 13.1 Å². The number of phenols is 1. The molecule has 1 aromatic rings. The maximum atomic E-state index is 9.24. The molecule has 0 amide bonds. The first-order valence-corrected chi connectivity index (χ1v) is 4.83. The lowest BCUT2D eigenvalue weighted by Crippen LogP contribution is -2.42. The summed E-state index contributed by atoms with van der Waals surface area (Å²) in [6.07, 6.45) is 2.32. The van der Waals surface area contributed by atoms with Crippen LogP contribution in [-0.4, -0.2) is 18.2 Å². The van der Waals surface area contributed by atoms with E-state index in [1.54, 1.807) is 6.07 Å². The monoisotopic (exact) mass is 177 g/mol. The summed E-state index contributed by atoms with van der Waals surface area (Å²) >= 11 is 0.